The van der Waals surface area contributed by atoms with E-state index in [1.54, 1.807) is 0 Å². The van der Waals surface area contributed by atoms with Gasteiger partial charge in [0.15, 0.2) is 0 Å². The first-order valence-electron chi connectivity index (χ1n) is 8.83. The van der Waals surface area contributed by atoms with Crippen molar-refractivity contribution in [1.82, 2.24) is 4.90 Å². The van der Waals surface area contributed by atoms with Gasteiger partial charge in [-0.2, -0.15) is 0 Å². The molecule has 1 aromatic carbocycles. The molecule has 2 rings (SSSR count). The van der Waals surface area contributed by atoms with Gasteiger partial charge in [0, 0.05) is 38.6 Å². The predicted molar refractivity (Wildman–Crippen MR) is 98.2 cm³/mol. The molecule has 1 aliphatic carbocycles. The minimum Gasteiger partial charge on any atom is -0.378 e. The van der Waals surface area contributed by atoms with Crippen molar-refractivity contribution in [2.45, 2.75) is 39.5 Å². The smallest absolute Gasteiger partial charge is 0.240 e. The number of carbonyl (C=O) groups excluding carboxylic acids is 2. The Labute approximate surface area is 145 Å². The normalized spacial score (nSPS) is 14.8. The highest BCUT2D eigenvalue weighted by Crippen LogP contribution is 2.48. The molecule has 0 atom stereocenters. The molecule has 1 fully saturated rings. The molecule has 0 unspecified atom stereocenters. The highest BCUT2D eigenvalue weighted by Gasteiger charge is 2.57. The van der Waals surface area contributed by atoms with Crippen molar-refractivity contribution in [3.8, 4) is 0 Å². The molecule has 24 heavy (non-hydrogen) atoms. The van der Waals surface area contributed by atoms with Crippen molar-refractivity contribution < 1.29 is 9.59 Å². The maximum absolute atomic E-state index is 12.8. The van der Waals surface area contributed by atoms with Gasteiger partial charge in [-0.1, -0.05) is 13.8 Å². The first kappa shape index (κ1) is 18.3. The summed E-state index contributed by atoms with van der Waals surface area (Å²) in [5.41, 5.74) is 0.967. The van der Waals surface area contributed by atoms with Gasteiger partial charge in [0.05, 0.1) is 0 Å². The molecule has 2 amide bonds. The van der Waals surface area contributed by atoms with E-state index in [9.17, 15) is 9.59 Å². The van der Waals surface area contributed by atoms with Gasteiger partial charge in [-0.3, -0.25) is 9.59 Å². The zero-order chi connectivity index (χ0) is 17.7. The second kappa shape index (κ2) is 7.69. The molecule has 1 N–H and O–H groups in total. The van der Waals surface area contributed by atoms with E-state index in [2.05, 4.69) is 19.2 Å². The van der Waals surface area contributed by atoms with E-state index in [1.165, 1.54) is 0 Å². The van der Waals surface area contributed by atoms with E-state index in [0.29, 0.717) is 12.8 Å². The molecule has 1 aromatic rings. The Kier molecular flexibility index (Phi) is 5.86. The molecular weight excluding hydrogens is 302 g/mol. The largest absolute Gasteiger partial charge is 0.378 e. The molecule has 0 aromatic heterocycles. The highest BCUT2D eigenvalue weighted by molar-refractivity contribution is 6.13. The van der Waals surface area contributed by atoms with Crippen LogP contribution in [0, 0.1) is 5.41 Å². The Balaban J connectivity index is 2.06. The molecule has 0 saturated heterocycles. The molecule has 5 heteroatoms. The van der Waals surface area contributed by atoms with Gasteiger partial charge in [0.2, 0.25) is 11.8 Å². The fourth-order valence-electron chi connectivity index (χ4n) is 2.91. The fourth-order valence-corrected chi connectivity index (χ4v) is 2.91. The predicted octanol–water partition coefficient (Wildman–Crippen LogP) is 3.12. The monoisotopic (exact) mass is 331 g/mol. The molecule has 1 aliphatic rings. The maximum Gasteiger partial charge on any atom is 0.240 e. The zero-order valence-electron chi connectivity index (χ0n) is 15.3. The van der Waals surface area contributed by atoms with Crippen LogP contribution in [0.15, 0.2) is 24.3 Å². The molecule has 0 spiro atoms. The molecule has 5 nitrogen and oxygen atoms in total. The van der Waals surface area contributed by atoms with Crippen LogP contribution in [0.3, 0.4) is 0 Å². The highest BCUT2D eigenvalue weighted by atomic mass is 16.2. The van der Waals surface area contributed by atoms with Gasteiger partial charge in [-0.05, 0) is 49.9 Å². The van der Waals surface area contributed by atoms with Crippen molar-refractivity contribution in [3.63, 3.8) is 0 Å². The third-order valence-electron chi connectivity index (χ3n) is 4.51. The lowest BCUT2D eigenvalue weighted by molar-refractivity contribution is -0.142. The lowest BCUT2D eigenvalue weighted by Gasteiger charge is -2.26. The molecule has 0 heterocycles. The number of amides is 2. The van der Waals surface area contributed by atoms with Crippen LogP contribution in [-0.4, -0.2) is 43.9 Å². The van der Waals surface area contributed by atoms with Gasteiger partial charge >= 0.3 is 0 Å². The first-order valence-corrected chi connectivity index (χ1v) is 8.83. The lowest BCUT2D eigenvalue weighted by Crippen LogP contribution is -2.43. The Hall–Kier alpha value is -2.04. The van der Waals surface area contributed by atoms with Gasteiger partial charge in [-0.25, -0.2) is 0 Å². The van der Waals surface area contributed by atoms with Crippen LogP contribution in [0.2, 0.25) is 0 Å². The van der Waals surface area contributed by atoms with Crippen molar-refractivity contribution in [3.05, 3.63) is 24.3 Å². The SMILES string of the molecule is CCCN(CCC)C(=O)C1(C(=O)Nc2ccc(N(C)C)cc2)CC1. The van der Waals surface area contributed by atoms with Crippen LogP contribution in [0.4, 0.5) is 11.4 Å². The Bertz CT molecular complexity index is 571. The number of hydrogen-bond donors (Lipinski definition) is 1. The minimum atomic E-state index is -0.843. The van der Waals surface area contributed by atoms with Crippen molar-refractivity contribution in [1.29, 1.82) is 0 Å². The van der Waals surface area contributed by atoms with Gasteiger partial charge in [-0.15, -0.1) is 0 Å². The Morgan fingerprint density at radius 2 is 1.58 bits per heavy atom. The second-order valence-corrected chi connectivity index (χ2v) is 6.77. The van der Waals surface area contributed by atoms with Crippen LogP contribution < -0.4 is 10.2 Å². The number of anilines is 2. The summed E-state index contributed by atoms with van der Waals surface area (Å²) >= 11 is 0. The molecule has 0 bridgehead atoms. The first-order chi connectivity index (χ1) is 11.4. The summed E-state index contributed by atoms with van der Waals surface area (Å²) in [5, 5.41) is 2.93. The van der Waals surface area contributed by atoms with Gasteiger partial charge in [0.1, 0.15) is 5.41 Å². The maximum atomic E-state index is 12.8. The Morgan fingerprint density at radius 1 is 1.04 bits per heavy atom. The molecule has 1 saturated carbocycles. The van der Waals surface area contributed by atoms with E-state index < -0.39 is 5.41 Å². The summed E-state index contributed by atoms with van der Waals surface area (Å²) in [6.45, 7) is 5.56. The molecule has 0 aliphatic heterocycles. The van der Waals surface area contributed by atoms with E-state index >= 15 is 0 Å². The molecular formula is C19H29N3O2. The number of benzene rings is 1. The topological polar surface area (TPSA) is 52.7 Å². The average Bonchev–Trinajstić information content (AvgIpc) is 3.36. The van der Waals surface area contributed by atoms with Gasteiger partial charge < -0.3 is 15.1 Å². The van der Waals surface area contributed by atoms with Crippen LogP contribution in [0.5, 0.6) is 0 Å². The van der Waals surface area contributed by atoms with Crippen molar-refractivity contribution >= 4 is 23.2 Å². The van der Waals surface area contributed by atoms with Crippen LogP contribution in [0.1, 0.15) is 39.5 Å². The fraction of sp³-hybridized carbons (Fsp3) is 0.579. The van der Waals surface area contributed by atoms with E-state index in [1.807, 2.05) is 48.2 Å². The third kappa shape index (κ3) is 3.89. The summed E-state index contributed by atoms with van der Waals surface area (Å²) < 4.78 is 0. The summed E-state index contributed by atoms with van der Waals surface area (Å²) in [6, 6.07) is 7.67. The average molecular weight is 331 g/mol. The number of hydrogen-bond acceptors (Lipinski definition) is 3. The van der Waals surface area contributed by atoms with Crippen LogP contribution >= 0.6 is 0 Å². The summed E-state index contributed by atoms with van der Waals surface area (Å²) in [6.07, 6.45) is 3.12. The van der Waals surface area contributed by atoms with E-state index in [4.69, 9.17) is 0 Å². The van der Waals surface area contributed by atoms with Crippen LogP contribution in [-0.2, 0) is 9.59 Å². The van der Waals surface area contributed by atoms with Crippen molar-refractivity contribution in [2.24, 2.45) is 5.41 Å². The summed E-state index contributed by atoms with van der Waals surface area (Å²) in [7, 11) is 3.95. The van der Waals surface area contributed by atoms with E-state index in [0.717, 1.165) is 37.3 Å². The van der Waals surface area contributed by atoms with Gasteiger partial charge in [0.25, 0.3) is 0 Å². The number of rotatable bonds is 8. The quantitative estimate of drug-likeness (QED) is 0.745. The Morgan fingerprint density at radius 3 is 2.00 bits per heavy atom. The third-order valence-corrected chi connectivity index (χ3v) is 4.51. The number of nitrogens with zero attached hydrogens (tertiary/aromatic N) is 2. The standard InChI is InChI=1S/C19H29N3O2/c1-5-13-22(14-6-2)18(24)19(11-12-19)17(23)20-15-7-9-16(10-8-15)21(3)4/h7-10H,5-6,11-14H2,1-4H3,(H,20,23). The van der Waals surface area contributed by atoms with E-state index in [-0.39, 0.29) is 11.8 Å². The number of nitrogens with one attached hydrogen (secondary N) is 1. The van der Waals surface area contributed by atoms with Crippen molar-refractivity contribution in [2.75, 3.05) is 37.4 Å². The summed E-state index contributed by atoms with van der Waals surface area (Å²) in [4.78, 5) is 29.4. The zero-order valence-corrected chi connectivity index (χ0v) is 15.3. The van der Waals surface area contributed by atoms with Crippen LogP contribution in [0.25, 0.3) is 0 Å². The molecule has 132 valence electrons. The molecule has 0 radical (unpaired) electrons. The lowest BCUT2D eigenvalue weighted by atomic mass is 10.0. The minimum absolute atomic E-state index is 0.00592. The second-order valence-electron chi connectivity index (χ2n) is 6.77. The number of carbonyl (C=O) groups is 2. The summed E-state index contributed by atoms with van der Waals surface area (Å²) in [5.74, 6) is -0.170.